The molecule has 0 saturated carbocycles. The van der Waals surface area contributed by atoms with Crippen molar-refractivity contribution in [3.8, 4) is 0 Å². The van der Waals surface area contributed by atoms with Gasteiger partial charge >= 0.3 is 59.1 Å². The summed E-state index contributed by atoms with van der Waals surface area (Å²) in [6.45, 7) is 50.9. The highest BCUT2D eigenvalue weighted by atomic mass is 28.5. The van der Waals surface area contributed by atoms with Crippen molar-refractivity contribution in [2.45, 2.75) is 188 Å². The van der Waals surface area contributed by atoms with Gasteiger partial charge in [0.05, 0.1) is 19.3 Å². The van der Waals surface area contributed by atoms with Crippen LogP contribution in [0.25, 0.3) is 0 Å². The van der Waals surface area contributed by atoms with Gasteiger partial charge in [-0.2, -0.15) is 0 Å². The van der Waals surface area contributed by atoms with E-state index in [0.29, 0.717) is 45.9 Å². The van der Waals surface area contributed by atoms with E-state index in [0.717, 1.165) is 87.4 Å². The lowest BCUT2D eigenvalue weighted by Gasteiger charge is -2.43. The number of carbonyl (C=O) groups is 5. The minimum absolute atomic E-state index is 0.0125. The summed E-state index contributed by atoms with van der Waals surface area (Å²) in [4.78, 5) is 53.8. The van der Waals surface area contributed by atoms with Crippen LogP contribution in [0.4, 0.5) is 0 Å². The number of hydrogen-bond donors (Lipinski definition) is 1. The molecule has 0 bridgehead atoms. The molecule has 1 atom stereocenters. The molecule has 0 aliphatic carbocycles. The van der Waals surface area contributed by atoms with Crippen LogP contribution < -0.4 is 0 Å². The van der Waals surface area contributed by atoms with Crippen molar-refractivity contribution in [2.24, 2.45) is 0 Å². The van der Waals surface area contributed by atoms with Crippen molar-refractivity contribution in [1.29, 1.82) is 0 Å². The zero-order chi connectivity index (χ0) is 74.3. The Kier molecular flexibility index (Phi) is 60.6. The summed E-state index contributed by atoms with van der Waals surface area (Å²) in [5.41, 5.74) is 1.28. The standard InChI is InChI=1S/C16H32O6Si.C16H38O4Si4.C11H18O3Si.C9H18O3Si.C7H14O5Si.C5H8O2/c1-5-16(18)19-14-15(17)12-10-9-11-13-23(20-6-2,21-7-3)22-8-4;1-11-16(17)14-12-13-15-24(18-21(2,3)4,19-22(5,6)7)20-23(8,9)10;1-12-15(13-2,14-3)10-9-11-7-5-4-6-8-11;1-5-9(10)12-7-6-8-13(3,4)11-2;1-5-7(8)12-6-13(9-2,10-3)11-4;1-3-5(6)7-4-2/h5,15,17H,1,6-14H2,2-4H3;11H,1,12-15H2,2-10H3;4-8H,9-10H2,1-3H3;5H,1,6-8H2,2-4H3;5H,1,6H2,2-4H3;3H,1,4H2,2H3. The zero-order valence-corrected chi connectivity index (χ0v) is 70.5. The Morgan fingerprint density at radius 2 is 0.842 bits per heavy atom. The second-order valence-corrected chi connectivity index (χ2v) is 54.2. The molecule has 0 aromatic heterocycles. The second-order valence-electron chi connectivity index (χ2n) is 24.1. The van der Waals surface area contributed by atoms with Gasteiger partial charge in [-0.15, -0.1) is 0 Å². The van der Waals surface area contributed by atoms with Crippen molar-refractivity contribution in [1.82, 2.24) is 0 Å². The molecule has 0 heterocycles. The van der Waals surface area contributed by atoms with Crippen LogP contribution >= 0.6 is 0 Å². The molecule has 23 nitrogen and oxygen atoms in total. The number of unbranched alkanes of at least 4 members (excludes halogenated alkanes) is 3. The summed E-state index contributed by atoms with van der Waals surface area (Å²) in [7, 11) is -6.37. The average Bonchev–Trinajstić information content (AvgIpc) is 0.808. The molecular weight excluding hydrogens is 1360 g/mol. The van der Waals surface area contributed by atoms with Crippen molar-refractivity contribution in [2.75, 3.05) is 95.6 Å². The van der Waals surface area contributed by atoms with Gasteiger partial charge in [0.15, 0.2) is 45.3 Å². The highest BCUT2D eigenvalue weighted by Crippen LogP contribution is 2.31. The van der Waals surface area contributed by atoms with Gasteiger partial charge in [0.2, 0.25) is 0 Å². The lowest BCUT2D eigenvalue weighted by Crippen LogP contribution is -2.60. The molecule has 0 fully saturated rings. The molecule has 0 amide bonds. The lowest BCUT2D eigenvalue weighted by molar-refractivity contribution is -0.141. The Balaban J connectivity index is -0.000000353. The maximum atomic E-state index is 11.4. The number of esters is 4. The van der Waals surface area contributed by atoms with Crippen molar-refractivity contribution in [3.05, 3.63) is 99.2 Å². The van der Waals surface area contributed by atoms with Crippen LogP contribution in [0.1, 0.15) is 84.6 Å². The minimum atomic E-state index is -2.79. The number of aliphatic hydroxyl groups is 1. The Hall–Kier alpha value is -3.35. The largest absolute Gasteiger partial charge is 0.539 e. The first-order valence-electron chi connectivity index (χ1n) is 32.3. The van der Waals surface area contributed by atoms with E-state index in [2.05, 4.69) is 122 Å². The van der Waals surface area contributed by atoms with Crippen LogP contribution in [0.15, 0.2) is 93.6 Å². The second kappa shape index (κ2) is 57.4. The van der Waals surface area contributed by atoms with E-state index in [4.69, 9.17) is 70.8 Å². The molecule has 1 N–H and O–H groups in total. The number of hydrogen-bond acceptors (Lipinski definition) is 23. The summed E-state index contributed by atoms with van der Waals surface area (Å²) < 4.78 is 92.5. The summed E-state index contributed by atoms with van der Waals surface area (Å²) in [5, 5.41) is 9.73. The van der Waals surface area contributed by atoms with E-state index in [1.54, 1.807) is 35.4 Å². The third kappa shape index (κ3) is 58.2. The first kappa shape index (κ1) is 100. The minimum Gasteiger partial charge on any atom is -0.463 e. The molecule has 554 valence electrons. The number of carbonyl (C=O) groups excluding carboxylic acids is 5. The molecule has 1 aromatic carbocycles. The topological polar surface area (TPSA) is 262 Å². The highest BCUT2D eigenvalue weighted by molar-refractivity contribution is 6.90. The van der Waals surface area contributed by atoms with Gasteiger partial charge in [0, 0.05) is 118 Å². The molecule has 0 aliphatic heterocycles. The monoisotopic (exact) mass is 1490 g/mol. The van der Waals surface area contributed by atoms with Gasteiger partial charge in [-0.25, -0.2) is 19.2 Å². The van der Waals surface area contributed by atoms with Crippen LogP contribution in [-0.4, -0.2) is 205 Å². The summed E-state index contributed by atoms with van der Waals surface area (Å²) in [5.74, 6) is -1.64. The Morgan fingerprint density at radius 3 is 1.22 bits per heavy atom. The van der Waals surface area contributed by atoms with Gasteiger partial charge < -0.3 is 80.7 Å². The summed E-state index contributed by atoms with van der Waals surface area (Å²) in [6, 6.07) is 13.7. The third-order valence-electron chi connectivity index (χ3n) is 12.3. The molecule has 0 spiro atoms. The van der Waals surface area contributed by atoms with Gasteiger partial charge in [-0.05, 0) is 156 Å². The maximum Gasteiger partial charge on any atom is 0.539 e. The average molecular weight is 1490 g/mol. The normalized spacial score (nSPS) is 12.0. The van der Waals surface area contributed by atoms with Crippen molar-refractivity contribution < 1.29 is 105 Å². The Bertz CT molecular complexity index is 2130. The molecule has 95 heavy (non-hydrogen) atoms. The predicted octanol–water partition coefficient (Wildman–Crippen LogP) is 13.0. The van der Waals surface area contributed by atoms with E-state index < -0.39 is 86.5 Å². The van der Waals surface area contributed by atoms with Gasteiger partial charge in [-0.3, -0.25) is 4.79 Å². The molecule has 0 saturated heterocycles. The van der Waals surface area contributed by atoms with E-state index in [1.165, 1.54) is 39.0 Å². The zero-order valence-electron chi connectivity index (χ0n) is 62.5. The number of benzene rings is 1. The lowest BCUT2D eigenvalue weighted by atomic mass is 10.1. The summed E-state index contributed by atoms with van der Waals surface area (Å²) >= 11 is 0. The van der Waals surface area contributed by atoms with Gasteiger partial charge in [0.1, 0.15) is 6.61 Å². The number of ether oxygens (including phenoxy) is 4. The molecule has 1 unspecified atom stereocenters. The number of allylic oxidation sites excluding steroid dienone is 1. The number of rotatable bonds is 47. The van der Waals surface area contributed by atoms with E-state index in [-0.39, 0.29) is 30.6 Å². The van der Waals surface area contributed by atoms with Crippen LogP contribution in [0.2, 0.25) is 96.2 Å². The van der Waals surface area contributed by atoms with Crippen LogP contribution in [0, 0.1) is 0 Å². The van der Waals surface area contributed by atoms with E-state index in [1.807, 2.05) is 39.0 Å². The highest BCUT2D eigenvalue weighted by Gasteiger charge is 2.49. The maximum absolute atomic E-state index is 11.4. The summed E-state index contributed by atoms with van der Waals surface area (Å²) in [6.07, 6.45) is 12.6. The van der Waals surface area contributed by atoms with Crippen molar-refractivity contribution in [3.63, 3.8) is 0 Å². The molecule has 31 heteroatoms. The Morgan fingerprint density at radius 1 is 0.432 bits per heavy atom. The molecule has 1 rings (SSSR count). The first-order valence-corrected chi connectivity index (χ1v) is 53.3. The quantitative estimate of drug-likeness (QED) is 0.0209. The SMILES string of the molecule is C=CC(=O)CCCC[Si](O[Si](C)(C)C)(O[Si](C)(C)C)O[Si](C)(C)C.C=CC(=O)OCC.C=CC(=O)OCC(O)CCCCC[Si](OCC)(OCC)OCC.C=CC(=O)OCCC[Si](C)(C)OC.C=CC(=O)OC[Si](OC)(OC)OC.CO[Si](CCc1ccccc1)(OC)OC. The molecule has 1 aromatic rings. The molecule has 0 aliphatic rings. The van der Waals surface area contributed by atoms with Crippen LogP contribution in [0.3, 0.4) is 0 Å². The van der Waals surface area contributed by atoms with E-state index >= 15 is 0 Å². The van der Waals surface area contributed by atoms with Gasteiger partial charge in [0.25, 0.3) is 0 Å². The number of aryl methyl sites for hydroxylation is 1. The smallest absolute Gasteiger partial charge is 0.463 e. The van der Waals surface area contributed by atoms with Gasteiger partial charge in [-0.1, -0.05) is 76.1 Å². The van der Waals surface area contributed by atoms with Crippen LogP contribution in [-0.2, 0) is 106 Å². The Labute approximate surface area is 582 Å². The van der Waals surface area contributed by atoms with Crippen LogP contribution in [0.5, 0.6) is 0 Å². The fraction of sp³-hybridized carbons (Fsp3) is 0.672. The first-order chi connectivity index (χ1) is 44.3. The van der Waals surface area contributed by atoms with E-state index in [9.17, 15) is 29.1 Å². The third-order valence-corrected chi connectivity index (χ3v) is 35.2. The number of ketones is 1. The molecule has 0 radical (unpaired) electrons. The predicted molar refractivity (Wildman–Crippen MR) is 396 cm³/mol. The number of aliphatic hydroxyl groups excluding tert-OH is 1. The van der Waals surface area contributed by atoms with Crippen molar-refractivity contribution >= 4 is 98.1 Å². The fourth-order valence-electron chi connectivity index (χ4n) is 7.75. The fourth-order valence-corrected chi connectivity index (χ4v) is 29.2. The molecular formula is C64H128O23Si8.